The maximum atomic E-state index is 11.9. The lowest BCUT2D eigenvalue weighted by molar-refractivity contribution is -0.386. The van der Waals surface area contributed by atoms with Gasteiger partial charge in [0.15, 0.2) is 9.84 Å². The standard InChI is InChI=1S/C18H18N4O4S/c1-21-12-14(17(20-21)13-7-4-3-5-8-13)11-19-15-9-6-10-16(27(2,25)26)18(15)22(23)24/h3-10,12,19H,11H2,1-2H3. The van der Waals surface area contributed by atoms with Gasteiger partial charge in [-0.1, -0.05) is 36.4 Å². The smallest absolute Gasteiger partial charge is 0.310 e. The van der Waals surface area contributed by atoms with Gasteiger partial charge in [0.05, 0.1) is 10.6 Å². The number of hydrogen-bond acceptors (Lipinski definition) is 6. The molecule has 0 radical (unpaired) electrons. The first kappa shape index (κ1) is 18.6. The molecule has 0 amide bonds. The van der Waals surface area contributed by atoms with E-state index in [4.69, 9.17) is 0 Å². The van der Waals surface area contributed by atoms with E-state index in [-0.39, 0.29) is 17.1 Å². The molecule has 0 aliphatic heterocycles. The van der Waals surface area contributed by atoms with Crippen LogP contribution in [0.4, 0.5) is 11.4 Å². The third-order valence-corrected chi connectivity index (χ3v) is 5.13. The Morgan fingerprint density at radius 2 is 1.85 bits per heavy atom. The summed E-state index contributed by atoms with van der Waals surface area (Å²) in [6.07, 6.45) is 2.77. The summed E-state index contributed by atoms with van der Waals surface area (Å²) < 4.78 is 25.4. The number of hydrogen-bond donors (Lipinski definition) is 1. The summed E-state index contributed by atoms with van der Waals surface area (Å²) >= 11 is 0. The molecule has 0 fully saturated rings. The third-order valence-electron chi connectivity index (χ3n) is 4.00. The lowest BCUT2D eigenvalue weighted by Crippen LogP contribution is -2.08. The zero-order chi connectivity index (χ0) is 19.6. The van der Waals surface area contributed by atoms with Crippen molar-refractivity contribution in [2.24, 2.45) is 7.05 Å². The highest BCUT2D eigenvalue weighted by Crippen LogP contribution is 2.32. The van der Waals surface area contributed by atoms with Crippen molar-refractivity contribution < 1.29 is 13.3 Å². The third kappa shape index (κ3) is 3.98. The normalized spacial score (nSPS) is 11.3. The number of nitrogens with one attached hydrogen (secondary N) is 1. The van der Waals surface area contributed by atoms with Gasteiger partial charge in [0.1, 0.15) is 10.6 Å². The number of nitro groups is 1. The molecule has 8 nitrogen and oxygen atoms in total. The average Bonchev–Trinajstić information content (AvgIpc) is 3.00. The van der Waals surface area contributed by atoms with E-state index < -0.39 is 20.4 Å². The van der Waals surface area contributed by atoms with Gasteiger partial charge < -0.3 is 5.32 Å². The quantitative estimate of drug-likeness (QED) is 0.515. The average molecular weight is 386 g/mol. The molecule has 0 saturated heterocycles. The molecule has 140 valence electrons. The van der Waals surface area contributed by atoms with Crippen LogP contribution in [0.25, 0.3) is 11.3 Å². The summed E-state index contributed by atoms with van der Waals surface area (Å²) in [5, 5.41) is 18.9. The highest BCUT2D eigenvalue weighted by molar-refractivity contribution is 7.90. The van der Waals surface area contributed by atoms with Crippen molar-refractivity contribution in [2.75, 3.05) is 11.6 Å². The Morgan fingerprint density at radius 1 is 1.15 bits per heavy atom. The Hall–Kier alpha value is -3.20. The Balaban J connectivity index is 1.96. The van der Waals surface area contributed by atoms with E-state index in [9.17, 15) is 18.5 Å². The first-order valence-electron chi connectivity index (χ1n) is 8.06. The van der Waals surface area contributed by atoms with Crippen molar-refractivity contribution in [3.05, 3.63) is 70.4 Å². The van der Waals surface area contributed by atoms with Crippen molar-refractivity contribution in [3.8, 4) is 11.3 Å². The monoisotopic (exact) mass is 386 g/mol. The minimum absolute atomic E-state index is 0.144. The Bertz CT molecular complexity index is 1090. The number of aromatic nitrogens is 2. The fraction of sp³-hybridized carbons (Fsp3) is 0.167. The Labute approximate surface area is 156 Å². The molecule has 1 heterocycles. The van der Waals surface area contributed by atoms with Crippen LogP contribution < -0.4 is 5.32 Å². The van der Waals surface area contributed by atoms with Crippen molar-refractivity contribution in [1.82, 2.24) is 9.78 Å². The summed E-state index contributed by atoms with van der Waals surface area (Å²) in [7, 11) is -1.93. The van der Waals surface area contributed by atoms with Gasteiger partial charge in [-0.3, -0.25) is 14.8 Å². The summed E-state index contributed by atoms with van der Waals surface area (Å²) in [6.45, 7) is 0.256. The molecule has 3 rings (SSSR count). The summed E-state index contributed by atoms with van der Waals surface area (Å²) in [6, 6.07) is 13.8. The number of nitrogens with zero attached hydrogens (tertiary/aromatic N) is 3. The highest BCUT2D eigenvalue weighted by Gasteiger charge is 2.26. The van der Waals surface area contributed by atoms with E-state index >= 15 is 0 Å². The summed E-state index contributed by atoms with van der Waals surface area (Å²) in [4.78, 5) is 10.5. The minimum atomic E-state index is -3.73. The van der Waals surface area contributed by atoms with E-state index in [2.05, 4.69) is 10.4 Å². The van der Waals surface area contributed by atoms with Gasteiger partial charge in [-0.15, -0.1) is 0 Å². The summed E-state index contributed by atoms with van der Waals surface area (Å²) in [5.74, 6) is 0. The van der Waals surface area contributed by atoms with Crippen molar-refractivity contribution in [1.29, 1.82) is 0 Å². The number of anilines is 1. The summed E-state index contributed by atoms with van der Waals surface area (Å²) in [5.41, 5.74) is 2.21. The van der Waals surface area contributed by atoms with Crippen LogP contribution in [0.3, 0.4) is 0 Å². The van der Waals surface area contributed by atoms with E-state index in [1.54, 1.807) is 11.7 Å². The molecular formula is C18H18N4O4S. The van der Waals surface area contributed by atoms with Crippen LogP contribution in [0.15, 0.2) is 59.6 Å². The van der Waals surface area contributed by atoms with Gasteiger partial charge in [-0.2, -0.15) is 5.10 Å². The Morgan fingerprint density at radius 3 is 2.48 bits per heavy atom. The molecule has 27 heavy (non-hydrogen) atoms. The zero-order valence-corrected chi connectivity index (χ0v) is 15.6. The predicted octanol–water partition coefficient (Wildman–Crippen LogP) is 3.01. The van der Waals surface area contributed by atoms with Crippen molar-refractivity contribution >= 4 is 21.2 Å². The van der Waals surface area contributed by atoms with Crippen LogP contribution in [-0.2, 0) is 23.4 Å². The lowest BCUT2D eigenvalue weighted by atomic mass is 10.1. The molecule has 0 unspecified atom stereocenters. The molecule has 0 atom stereocenters. The molecule has 0 aliphatic rings. The Kier molecular flexibility index (Phi) is 4.95. The van der Waals surface area contributed by atoms with Crippen molar-refractivity contribution in [2.45, 2.75) is 11.4 Å². The first-order chi connectivity index (χ1) is 12.8. The topological polar surface area (TPSA) is 107 Å². The first-order valence-corrected chi connectivity index (χ1v) is 9.96. The predicted molar refractivity (Wildman–Crippen MR) is 102 cm³/mol. The van der Waals surface area contributed by atoms with Gasteiger partial charge in [-0.25, -0.2) is 8.42 Å². The minimum Gasteiger partial charge on any atom is -0.375 e. The van der Waals surface area contributed by atoms with E-state index in [1.165, 1.54) is 18.2 Å². The largest absolute Gasteiger partial charge is 0.375 e. The second kappa shape index (κ2) is 7.20. The zero-order valence-electron chi connectivity index (χ0n) is 14.8. The van der Waals surface area contributed by atoms with Gasteiger partial charge >= 0.3 is 5.69 Å². The molecule has 1 N–H and O–H groups in total. The van der Waals surface area contributed by atoms with Crippen LogP contribution >= 0.6 is 0 Å². The lowest BCUT2D eigenvalue weighted by Gasteiger charge is -2.09. The maximum absolute atomic E-state index is 11.9. The van der Waals surface area contributed by atoms with Gasteiger partial charge in [0.2, 0.25) is 0 Å². The van der Waals surface area contributed by atoms with Gasteiger partial charge in [0.25, 0.3) is 0 Å². The van der Waals surface area contributed by atoms with Crippen LogP contribution in [0.5, 0.6) is 0 Å². The van der Waals surface area contributed by atoms with Crippen LogP contribution in [0.1, 0.15) is 5.56 Å². The molecule has 0 aliphatic carbocycles. The number of aryl methyl sites for hydroxylation is 1. The van der Waals surface area contributed by atoms with E-state index in [0.29, 0.717) is 0 Å². The maximum Gasteiger partial charge on any atom is 0.310 e. The molecule has 3 aromatic rings. The fourth-order valence-corrected chi connectivity index (χ4v) is 3.71. The fourth-order valence-electron chi connectivity index (χ4n) is 2.85. The number of para-hydroxylation sites is 1. The molecule has 0 saturated carbocycles. The van der Waals surface area contributed by atoms with Crippen LogP contribution in [0.2, 0.25) is 0 Å². The van der Waals surface area contributed by atoms with E-state index in [1.807, 2.05) is 36.5 Å². The van der Waals surface area contributed by atoms with Crippen molar-refractivity contribution in [3.63, 3.8) is 0 Å². The molecule has 1 aromatic heterocycles. The molecule has 0 bridgehead atoms. The van der Waals surface area contributed by atoms with Crippen LogP contribution in [0, 0.1) is 10.1 Å². The molecule has 9 heteroatoms. The van der Waals surface area contributed by atoms with E-state index in [0.717, 1.165) is 23.1 Å². The second-order valence-electron chi connectivity index (χ2n) is 6.08. The van der Waals surface area contributed by atoms with Gasteiger partial charge in [0, 0.05) is 37.2 Å². The number of benzene rings is 2. The number of sulfone groups is 1. The SMILES string of the molecule is Cn1cc(CNc2cccc(S(C)(=O)=O)c2[N+](=O)[O-])c(-c2ccccc2)n1. The van der Waals surface area contributed by atoms with Crippen LogP contribution in [-0.4, -0.2) is 29.4 Å². The van der Waals surface area contributed by atoms with Gasteiger partial charge in [-0.05, 0) is 12.1 Å². The number of nitro benzene ring substituents is 1. The molecular weight excluding hydrogens is 368 g/mol. The number of rotatable bonds is 6. The highest BCUT2D eigenvalue weighted by atomic mass is 32.2. The molecule has 0 spiro atoms. The molecule has 2 aromatic carbocycles. The second-order valence-corrected chi connectivity index (χ2v) is 8.06.